The van der Waals surface area contributed by atoms with Gasteiger partial charge < -0.3 is 5.11 Å². The third-order valence-electron chi connectivity index (χ3n) is 5.11. The van der Waals surface area contributed by atoms with Crippen molar-refractivity contribution in [2.24, 2.45) is 0 Å². The average Bonchev–Trinajstić information content (AvgIpc) is 3.06. The van der Waals surface area contributed by atoms with Crippen molar-refractivity contribution < 1.29 is 9.50 Å². The molecule has 0 fully saturated rings. The number of aliphatic hydroxyl groups is 1. The second-order valence-electron chi connectivity index (χ2n) is 7.73. The van der Waals surface area contributed by atoms with Crippen molar-refractivity contribution in [2.45, 2.75) is 33.3 Å². The molecule has 0 unspecified atom stereocenters. The molecular weight excluding hydrogens is 353 g/mol. The number of hydrogen-bond donors (Lipinski definition) is 1. The Morgan fingerprint density at radius 3 is 2.36 bits per heavy atom. The van der Waals surface area contributed by atoms with Gasteiger partial charge in [0.25, 0.3) is 0 Å². The molecule has 5 heteroatoms. The van der Waals surface area contributed by atoms with Crippen molar-refractivity contribution in [3.05, 3.63) is 77.4 Å². The fourth-order valence-electron chi connectivity index (χ4n) is 3.16. The first kappa shape index (κ1) is 18.3. The largest absolute Gasteiger partial charge is 0.386 e. The molecule has 0 atom stereocenters. The summed E-state index contributed by atoms with van der Waals surface area (Å²) in [6, 6.07) is 13.1. The average molecular weight is 375 g/mol. The number of rotatable bonds is 3. The number of benzene rings is 2. The van der Waals surface area contributed by atoms with Gasteiger partial charge in [-0.1, -0.05) is 24.3 Å². The zero-order chi connectivity index (χ0) is 20.1. The number of fused-ring (bicyclic) bond motifs is 1. The van der Waals surface area contributed by atoms with E-state index in [1.807, 2.05) is 18.2 Å². The maximum atomic E-state index is 14.9. The lowest BCUT2D eigenvalue weighted by atomic mass is 9.99. The van der Waals surface area contributed by atoms with Crippen molar-refractivity contribution in [3.63, 3.8) is 0 Å². The van der Waals surface area contributed by atoms with Crippen molar-refractivity contribution in [3.8, 4) is 22.4 Å². The van der Waals surface area contributed by atoms with Crippen molar-refractivity contribution in [2.75, 3.05) is 0 Å². The molecule has 0 amide bonds. The van der Waals surface area contributed by atoms with Crippen LogP contribution in [0.2, 0.25) is 0 Å². The Labute approximate surface area is 163 Å². The Morgan fingerprint density at radius 2 is 1.68 bits per heavy atom. The lowest BCUT2D eigenvalue weighted by molar-refractivity contribution is 0.0781. The number of halogens is 1. The smallest absolute Gasteiger partial charge is 0.154 e. The van der Waals surface area contributed by atoms with Crippen LogP contribution in [0.25, 0.3) is 28.0 Å². The summed E-state index contributed by atoms with van der Waals surface area (Å²) in [5.74, 6) is -0.332. The van der Waals surface area contributed by atoms with Gasteiger partial charge in [0.2, 0.25) is 0 Å². The van der Waals surface area contributed by atoms with E-state index in [1.165, 1.54) is 11.1 Å². The van der Waals surface area contributed by atoms with Gasteiger partial charge in [-0.25, -0.2) is 13.9 Å². The van der Waals surface area contributed by atoms with Crippen LogP contribution in [-0.2, 0) is 5.60 Å². The quantitative estimate of drug-likeness (QED) is 0.545. The van der Waals surface area contributed by atoms with E-state index in [-0.39, 0.29) is 5.82 Å². The topological polar surface area (TPSA) is 50.4 Å². The van der Waals surface area contributed by atoms with Gasteiger partial charge in [0.15, 0.2) is 5.65 Å². The van der Waals surface area contributed by atoms with E-state index < -0.39 is 5.60 Å². The minimum absolute atomic E-state index is 0.332. The Hall–Kier alpha value is -3.05. The fourth-order valence-corrected chi connectivity index (χ4v) is 3.16. The predicted octanol–water partition coefficient (Wildman–Crippen LogP) is 5.05. The third kappa shape index (κ3) is 3.29. The fraction of sp³-hybridized carbons (Fsp3) is 0.217. The van der Waals surface area contributed by atoms with Crippen LogP contribution in [0.4, 0.5) is 4.39 Å². The summed E-state index contributed by atoms with van der Waals surface area (Å²) in [5.41, 5.74) is 5.33. The Morgan fingerprint density at radius 1 is 0.964 bits per heavy atom. The van der Waals surface area contributed by atoms with Gasteiger partial charge >= 0.3 is 0 Å². The zero-order valence-corrected chi connectivity index (χ0v) is 16.4. The zero-order valence-electron chi connectivity index (χ0n) is 16.4. The molecular formula is C23H22FN3O. The molecule has 0 saturated heterocycles. The maximum absolute atomic E-state index is 14.9. The van der Waals surface area contributed by atoms with E-state index in [9.17, 15) is 9.50 Å². The molecule has 1 N–H and O–H groups in total. The molecule has 0 spiro atoms. The van der Waals surface area contributed by atoms with Crippen LogP contribution >= 0.6 is 0 Å². The van der Waals surface area contributed by atoms with E-state index in [1.54, 1.807) is 49.0 Å². The summed E-state index contributed by atoms with van der Waals surface area (Å²) in [5, 5.41) is 14.4. The molecule has 142 valence electrons. The van der Waals surface area contributed by atoms with Gasteiger partial charge in [0, 0.05) is 11.1 Å². The highest BCUT2D eigenvalue weighted by atomic mass is 19.1. The molecule has 2 aromatic heterocycles. The first-order valence-corrected chi connectivity index (χ1v) is 9.18. The number of aromatic nitrogens is 3. The number of imidazole rings is 1. The van der Waals surface area contributed by atoms with E-state index in [0.29, 0.717) is 22.5 Å². The number of hydrogen-bond acceptors (Lipinski definition) is 3. The summed E-state index contributed by atoms with van der Waals surface area (Å²) in [7, 11) is 0. The van der Waals surface area contributed by atoms with E-state index in [2.05, 4.69) is 30.0 Å². The molecule has 4 aromatic rings. The third-order valence-corrected chi connectivity index (χ3v) is 5.11. The molecule has 4 nitrogen and oxygen atoms in total. The first-order valence-electron chi connectivity index (χ1n) is 9.18. The highest BCUT2D eigenvalue weighted by Gasteiger charge is 2.18. The van der Waals surface area contributed by atoms with Crippen LogP contribution in [0, 0.1) is 19.7 Å². The molecule has 4 rings (SSSR count). The highest BCUT2D eigenvalue weighted by molar-refractivity contribution is 5.71. The lowest BCUT2D eigenvalue weighted by Crippen LogP contribution is -2.16. The summed E-state index contributed by atoms with van der Waals surface area (Å²) in [4.78, 5) is 4.50. The Kier molecular flexibility index (Phi) is 4.27. The van der Waals surface area contributed by atoms with Crippen LogP contribution in [0.1, 0.15) is 30.5 Å². The SMILES string of the molecule is Cc1ccc(-c2ccc(-c3cn4ncc(C(C)(C)O)cc4n3)c(F)c2)cc1C. The van der Waals surface area contributed by atoms with Crippen molar-refractivity contribution >= 4 is 5.65 Å². The molecule has 0 saturated carbocycles. The minimum Gasteiger partial charge on any atom is -0.386 e. The lowest BCUT2D eigenvalue weighted by Gasteiger charge is -2.16. The summed E-state index contributed by atoms with van der Waals surface area (Å²) in [6.07, 6.45) is 3.29. The van der Waals surface area contributed by atoms with Gasteiger partial charge in [-0.2, -0.15) is 5.10 Å². The number of aryl methyl sites for hydroxylation is 2. The standard InChI is InChI=1S/C23H22FN3O/c1-14-5-6-16(9-15(14)2)17-7-8-19(20(24)10-17)21-13-27-22(26-21)11-18(12-25-27)23(3,4)28/h5-13,28H,1-4H3. The first-order chi connectivity index (χ1) is 13.2. The van der Waals surface area contributed by atoms with Crippen LogP contribution < -0.4 is 0 Å². The molecule has 2 heterocycles. The molecule has 0 aliphatic heterocycles. The summed E-state index contributed by atoms with van der Waals surface area (Å²) >= 11 is 0. The van der Waals surface area contributed by atoms with Gasteiger partial charge in [-0.05, 0) is 68.1 Å². The van der Waals surface area contributed by atoms with Crippen LogP contribution in [-0.4, -0.2) is 19.7 Å². The summed E-state index contributed by atoms with van der Waals surface area (Å²) < 4.78 is 16.5. The molecule has 0 aliphatic carbocycles. The van der Waals surface area contributed by atoms with E-state index >= 15 is 0 Å². The molecule has 28 heavy (non-hydrogen) atoms. The van der Waals surface area contributed by atoms with Crippen LogP contribution in [0.15, 0.2) is 54.9 Å². The minimum atomic E-state index is -1.01. The van der Waals surface area contributed by atoms with E-state index in [0.717, 1.165) is 11.1 Å². The summed E-state index contributed by atoms with van der Waals surface area (Å²) in [6.45, 7) is 7.49. The van der Waals surface area contributed by atoms with Gasteiger partial charge in [-0.3, -0.25) is 0 Å². The van der Waals surface area contributed by atoms with Gasteiger partial charge in [0.1, 0.15) is 5.82 Å². The Bertz CT molecular complexity index is 1190. The van der Waals surface area contributed by atoms with Gasteiger partial charge in [0.05, 0.1) is 23.7 Å². The van der Waals surface area contributed by atoms with E-state index in [4.69, 9.17) is 0 Å². The second-order valence-corrected chi connectivity index (χ2v) is 7.73. The highest BCUT2D eigenvalue weighted by Crippen LogP contribution is 2.29. The molecule has 0 aliphatic rings. The molecule has 2 aromatic carbocycles. The van der Waals surface area contributed by atoms with Crippen molar-refractivity contribution in [1.29, 1.82) is 0 Å². The van der Waals surface area contributed by atoms with Crippen molar-refractivity contribution in [1.82, 2.24) is 14.6 Å². The Balaban J connectivity index is 1.74. The maximum Gasteiger partial charge on any atom is 0.154 e. The van der Waals surface area contributed by atoms with Gasteiger partial charge in [-0.15, -0.1) is 0 Å². The monoisotopic (exact) mass is 375 g/mol. The number of nitrogens with zero attached hydrogens (tertiary/aromatic N) is 3. The molecule has 0 bridgehead atoms. The second kappa shape index (κ2) is 6.53. The molecule has 0 radical (unpaired) electrons. The van der Waals surface area contributed by atoms with Crippen LogP contribution in [0.5, 0.6) is 0 Å². The predicted molar refractivity (Wildman–Crippen MR) is 109 cm³/mol. The van der Waals surface area contributed by atoms with Crippen LogP contribution in [0.3, 0.4) is 0 Å². The normalized spacial score (nSPS) is 11.9.